The van der Waals surface area contributed by atoms with Crippen LogP contribution >= 0.6 is 11.8 Å². The van der Waals surface area contributed by atoms with Gasteiger partial charge in [-0.15, -0.1) is 0 Å². The highest BCUT2D eigenvalue weighted by atomic mass is 32.2. The predicted molar refractivity (Wildman–Crippen MR) is 104 cm³/mol. The van der Waals surface area contributed by atoms with E-state index in [-0.39, 0.29) is 23.9 Å². The van der Waals surface area contributed by atoms with Gasteiger partial charge in [0.1, 0.15) is 0 Å². The third-order valence-electron chi connectivity index (χ3n) is 4.31. The summed E-state index contributed by atoms with van der Waals surface area (Å²) >= 11 is 0.805. The van der Waals surface area contributed by atoms with Crippen molar-refractivity contribution in [2.45, 2.75) is 6.54 Å². The number of imide groups is 1. The van der Waals surface area contributed by atoms with E-state index in [2.05, 4.69) is 0 Å². The first-order valence-corrected chi connectivity index (χ1v) is 9.24. The molecule has 0 aromatic heterocycles. The molecule has 0 saturated carbocycles. The molecule has 0 N–H and O–H groups in total. The molecule has 9 nitrogen and oxygen atoms in total. The number of ether oxygens (including phenoxy) is 3. The molecule has 0 unspecified atom stereocenters. The largest absolute Gasteiger partial charge is 0.493 e. The number of fused-ring (bicyclic) bond motifs is 1. The lowest BCUT2D eigenvalue weighted by atomic mass is 10.1. The Bertz CT molecular complexity index is 1070. The van der Waals surface area contributed by atoms with E-state index in [1.165, 1.54) is 25.3 Å². The second-order valence-electron chi connectivity index (χ2n) is 6.15. The molecule has 0 aliphatic carbocycles. The number of nitro groups is 1. The number of benzene rings is 2. The van der Waals surface area contributed by atoms with Crippen LogP contribution in [-0.2, 0) is 11.3 Å². The molecular weight excluding hydrogens is 400 g/mol. The molecule has 0 radical (unpaired) electrons. The summed E-state index contributed by atoms with van der Waals surface area (Å²) in [5, 5.41) is 10.5. The predicted octanol–water partition coefficient (Wildman–Crippen LogP) is 3.57. The van der Waals surface area contributed by atoms with Crippen molar-refractivity contribution in [2.24, 2.45) is 0 Å². The Kier molecular flexibility index (Phi) is 4.85. The van der Waals surface area contributed by atoms with E-state index in [4.69, 9.17) is 14.2 Å². The Morgan fingerprint density at radius 1 is 1.28 bits per heavy atom. The summed E-state index contributed by atoms with van der Waals surface area (Å²) in [6, 6.07) is 9.21. The summed E-state index contributed by atoms with van der Waals surface area (Å²) in [6.45, 7) is 0.0308. The minimum absolute atomic E-state index is 0.0475. The molecule has 2 aromatic rings. The van der Waals surface area contributed by atoms with Gasteiger partial charge in [-0.2, -0.15) is 0 Å². The first kappa shape index (κ1) is 18.8. The molecule has 2 aromatic carbocycles. The van der Waals surface area contributed by atoms with Crippen LogP contribution in [0.3, 0.4) is 0 Å². The SMILES string of the molecule is COc1cc(/C=C2\SC(=O)N(Cc3cccc([N+](=O)[O-])c3)C2=O)cc2c1OCO2. The standard InChI is InChI=1S/C19H14N2O7S/c1-26-14-6-12(7-15-17(14)28-10-27-15)8-16-18(22)20(19(23)29-16)9-11-3-2-4-13(5-11)21(24)25/h2-8H,9-10H2,1H3/b16-8-. The molecule has 29 heavy (non-hydrogen) atoms. The van der Waals surface area contributed by atoms with Crippen LogP contribution in [0.2, 0.25) is 0 Å². The zero-order valence-electron chi connectivity index (χ0n) is 15.1. The molecule has 10 heteroatoms. The van der Waals surface area contributed by atoms with Crippen LogP contribution in [0.15, 0.2) is 41.3 Å². The Hall–Kier alpha value is -3.53. The van der Waals surface area contributed by atoms with Crippen LogP contribution in [0.5, 0.6) is 17.2 Å². The van der Waals surface area contributed by atoms with Crippen molar-refractivity contribution in [3.05, 3.63) is 62.5 Å². The number of rotatable bonds is 5. The first-order valence-electron chi connectivity index (χ1n) is 8.42. The molecule has 1 saturated heterocycles. The molecular formula is C19H14N2O7S. The van der Waals surface area contributed by atoms with Gasteiger partial charge in [0.05, 0.1) is 23.5 Å². The average molecular weight is 414 g/mol. The molecule has 0 atom stereocenters. The number of carbonyl (C=O) groups excluding carboxylic acids is 2. The summed E-state index contributed by atoms with van der Waals surface area (Å²) in [5.41, 5.74) is 1.01. The van der Waals surface area contributed by atoms with Gasteiger partial charge in [-0.25, -0.2) is 0 Å². The summed E-state index contributed by atoms with van der Waals surface area (Å²) in [4.78, 5) is 36.8. The number of methoxy groups -OCH3 is 1. The molecule has 148 valence electrons. The van der Waals surface area contributed by atoms with Crippen LogP contribution in [0.1, 0.15) is 11.1 Å². The van der Waals surface area contributed by atoms with Gasteiger partial charge in [-0.05, 0) is 41.1 Å². The Labute approximate surface area is 169 Å². The molecule has 2 heterocycles. The van der Waals surface area contributed by atoms with E-state index in [9.17, 15) is 19.7 Å². The van der Waals surface area contributed by atoms with E-state index in [1.807, 2.05) is 0 Å². The number of non-ortho nitro benzene ring substituents is 1. The third kappa shape index (κ3) is 3.61. The van der Waals surface area contributed by atoms with E-state index in [0.29, 0.717) is 28.4 Å². The van der Waals surface area contributed by atoms with Crippen molar-refractivity contribution in [3.63, 3.8) is 0 Å². The number of hydrogen-bond donors (Lipinski definition) is 0. The molecule has 0 spiro atoms. The zero-order chi connectivity index (χ0) is 20.5. The summed E-state index contributed by atoms with van der Waals surface area (Å²) in [5.74, 6) is 0.972. The quantitative estimate of drug-likeness (QED) is 0.415. The Morgan fingerprint density at radius 2 is 2.10 bits per heavy atom. The maximum atomic E-state index is 12.7. The minimum atomic E-state index is -0.524. The van der Waals surface area contributed by atoms with E-state index >= 15 is 0 Å². The summed E-state index contributed by atoms with van der Waals surface area (Å²) < 4.78 is 16.0. The van der Waals surface area contributed by atoms with E-state index < -0.39 is 16.1 Å². The van der Waals surface area contributed by atoms with Gasteiger partial charge in [0.2, 0.25) is 12.5 Å². The molecule has 0 bridgehead atoms. The van der Waals surface area contributed by atoms with Crippen molar-refractivity contribution in [3.8, 4) is 17.2 Å². The van der Waals surface area contributed by atoms with E-state index in [1.54, 1.807) is 24.3 Å². The monoisotopic (exact) mass is 414 g/mol. The van der Waals surface area contributed by atoms with Gasteiger partial charge in [0.15, 0.2) is 11.5 Å². The first-order chi connectivity index (χ1) is 14.0. The maximum absolute atomic E-state index is 12.7. The van der Waals surface area contributed by atoms with Crippen molar-refractivity contribution in [1.29, 1.82) is 0 Å². The highest BCUT2D eigenvalue weighted by Gasteiger charge is 2.35. The fourth-order valence-electron chi connectivity index (χ4n) is 2.97. The Morgan fingerprint density at radius 3 is 2.86 bits per heavy atom. The average Bonchev–Trinajstić information content (AvgIpc) is 3.28. The van der Waals surface area contributed by atoms with Gasteiger partial charge < -0.3 is 14.2 Å². The van der Waals surface area contributed by atoms with Crippen LogP contribution in [0.25, 0.3) is 6.08 Å². The summed E-state index contributed by atoms with van der Waals surface area (Å²) in [7, 11) is 1.49. The molecule has 2 amide bonds. The van der Waals surface area contributed by atoms with Gasteiger partial charge in [-0.3, -0.25) is 24.6 Å². The smallest absolute Gasteiger partial charge is 0.293 e. The van der Waals surface area contributed by atoms with Gasteiger partial charge in [-0.1, -0.05) is 12.1 Å². The van der Waals surface area contributed by atoms with Gasteiger partial charge in [0, 0.05) is 12.1 Å². The maximum Gasteiger partial charge on any atom is 0.293 e. The lowest BCUT2D eigenvalue weighted by molar-refractivity contribution is -0.384. The van der Waals surface area contributed by atoms with Gasteiger partial charge in [0.25, 0.3) is 16.8 Å². The molecule has 4 rings (SSSR count). The molecule has 1 fully saturated rings. The number of amides is 2. The lowest BCUT2D eigenvalue weighted by Crippen LogP contribution is -2.27. The topological polar surface area (TPSA) is 108 Å². The molecule has 2 aliphatic heterocycles. The highest BCUT2D eigenvalue weighted by molar-refractivity contribution is 8.18. The van der Waals surface area contributed by atoms with Crippen LogP contribution in [0.4, 0.5) is 10.5 Å². The molecule has 2 aliphatic rings. The van der Waals surface area contributed by atoms with Crippen molar-refractivity contribution >= 4 is 34.7 Å². The summed E-state index contributed by atoms with van der Waals surface area (Å²) in [6.07, 6.45) is 1.57. The van der Waals surface area contributed by atoms with Gasteiger partial charge >= 0.3 is 0 Å². The fraction of sp³-hybridized carbons (Fsp3) is 0.158. The minimum Gasteiger partial charge on any atom is -0.493 e. The number of nitro benzene ring substituents is 1. The normalized spacial score (nSPS) is 16.6. The number of thioether (sulfide) groups is 1. The second-order valence-corrected chi connectivity index (χ2v) is 7.15. The highest BCUT2D eigenvalue weighted by Crippen LogP contribution is 2.43. The van der Waals surface area contributed by atoms with Crippen molar-refractivity contribution < 1.29 is 28.7 Å². The third-order valence-corrected chi connectivity index (χ3v) is 5.22. The number of nitrogens with zero attached hydrogens (tertiary/aromatic N) is 2. The number of hydrogen-bond acceptors (Lipinski definition) is 8. The second kappa shape index (κ2) is 7.47. The zero-order valence-corrected chi connectivity index (χ0v) is 15.9. The van der Waals surface area contributed by atoms with Crippen LogP contribution < -0.4 is 14.2 Å². The van der Waals surface area contributed by atoms with Crippen LogP contribution in [-0.4, -0.2) is 34.9 Å². The van der Waals surface area contributed by atoms with Crippen LogP contribution in [0, 0.1) is 10.1 Å². The van der Waals surface area contributed by atoms with Crippen molar-refractivity contribution in [1.82, 2.24) is 4.90 Å². The Balaban J connectivity index is 1.59. The van der Waals surface area contributed by atoms with E-state index in [0.717, 1.165) is 16.7 Å². The number of carbonyl (C=O) groups is 2. The lowest BCUT2D eigenvalue weighted by Gasteiger charge is -2.12. The fourth-order valence-corrected chi connectivity index (χ4v) is 3.81. The van der Waals surface area contributed by atoms with Crippen molar-refractivity contribution in [2.75, 3.05) is 13.9 Å².